The van der Waals surface area contributed by atoms with Crippen LogP contribution in [0.4, 0.5) is 4.39 Å². The van der Waals surface area contributed by atoms with Crippen LogP contribution < -0.4 is 5.32 Å². The molecule has 0 spiro atoms. The van der Waals surface area contributed by atoms with Crippen LogP contribution in [-0.2, 0) is 6.54 Å². The van der Waals surface area contributed by atoms with E-state index in [0.29, 0.717) is 12.1 Å². The van der Waals surface area contributed by atoms with Crippen molar-refractivity contribution < 1.29 is 4.39 Å². The molecule has 3 nitrogen and oxygen atoms in total. The van der Waals surface area contributed by atoms with E-state index in [4.69, 9.17) is 0 Å². The molecule has 0 unspecified atom stereocenters. The Morgan fingerprint density at radius 1 is 1.39 bits per heavy atom. The zero-order valence-corrected chi connectivity index (χ0v) is 11.2. The molecule has 0 amide bonds. The number of hydrogen-bond donors (Lipinski definition) is 1. The summed E-state index contributed by atoms with van der Waals surface area (Å²) in [6, 6.07) is 5.40. The molecule has 2 aromatic rings. The fourth-order valence-electron chi connectivity index (χ4n) is 2.21. The molecule has 18 heavy (non-hydrogen) atoms. The maximum atomic E-state index is 13.7. The zero-order valence-electron chi connectivity index (χ0n) is 11.2. The molecule has 4 heteroatoms. The first-order chi connectivity index (χ1) is 8.65. The minimum Gasteiger partial charge on any atom is -0.324 e. The number of halogens is 1. The molecular formula is C14H20FN3. The number of rotatable bonds is 5. The highest BCUT2D eigenvalue weighted by Crippen LogP contribution is 2.23. The van der Waals surface area contributed by atoms with Gasteiger partial charge in [0.15, 0.2) is 5.82 Å². The molecule has 0 aliphatic heterocycles. The van der Waals surface area contributed by atoms with Crippen molar-refractivity contribution in [1.82, 2.24) is 14.9 Å². The molecule has 0 bridgehead atoms. The van der Waals surface area contributed by atoms with Gasteiger partial charge in [-0.15, -0.1) is 0 Å². The summed E-state index contributed by atoms with van der Waals surface area (Å²) >= 11 is 0. The number of nitrogens with one attached hydrogen (secondary N) is 1. The average molecular weight is 249 g/mol. The van der Waals surface area contributed by atoms with E-state index in [9.17, 15) is 4.39 Å². The molecule has 0 radical (unpaired) electrons. The largest absolute Gasteiger partial charge is 0.324 e. The van der Waals surface area contributed by atoms with E-state index < -0.39 is 0 Å². The molecule has 1 aromatic heterocycles. The minimum absolute atomic E-state index is 0.247. The van der Waals surface area contributed by atoms with Gasteiger partial charge < -0.3 is 9.88 Å². The Bertz CT molecular complexity index is 531. The van der Waals surface area contributed by atoms with Crippen molar-refractivity contribution >= 4 is 11.0 Å². The van der Waals surface area contributed by atoms with Crippen molar-refractivity contribution in [2.24, 2.45) is 0 Å². The van der Waals surface area contributed by atoms with Crippen LogP contribution in [0.15, 0.2) is 18.2 Å². The fraction of sp³-hybridized carbons (Fsp3) is 0.500. The van der Waals surface area contributed by atoms with E-state index in [1.54, 1.807) is 6.07 Å². The second-order valence-corrected chi connectivity index (χ2v) is 4.78. The monoisotopic (exact) mass is 249 g/mol. The molecule has 0 atom stereocenters. The van der Waals surface area contributed by atoms with Crippen molar-refractivity contribution in [3.63, 3.8) is 0 Å². The van der Waals surface area contributed by atoms with Gasteiger partial charge in [0.2, 0.25) is 0 Å². The second kappa shape index (κ2) is 5.48. The first-order valence-corrected chi connectivity index (χ1v) is 6.51. The highest BCUT2D eigenvalue weighted by molar-refractivity contribution is 5.76. The van der Waals surface area contributed by atoms with Crippen molar-refractivity contribution in [3.05, 3.63) is 29.8 Å². The molecule has 0 fully saturated rings. The zero-order chi connectivity index (χ0) is 13.1. The quantitative estimate of drug-likeness (QED) is 0.824. The van der Waals surface area contributed by atoms with Crippen molar-refractivity contribution in [2.45, 2.75) is 39.8 Å². The summed E-state index contributed by atoms with van der Waals surface area (Å²) in [4.78, 5) is 4.43. The number of imidazole rings is 1. The van der Waals surface area contributed by atoms with Gasteiger partial charge in [0.05, 0.1) is 12.1 Å². The van der Waals surface area contributed by atoms with Gasteiger partial charge in [0, 0.05) is 6.04 Å². The van der Waals surface area contributed by atoms with Gasteiger partial charge in [-0.1, -0.05) is 13.0 Å². The van der Waals surface area contributed by atoms with E-state index in [-0.39, 0.29) is 11.9 Å². The Kier molecular flexibility index (Phi) is 3.97. The van der Waals surface area contributed by atoms with Crippen LogP contribution >= 0.6 is 0 Å². The highest BCUT2D eigenvalue weighted by atomic mass is 19.1. The first-order valence-electron chi connectivity index (χ1n) is 6.51. The summed E-state index contributed by atoms with van der Waals surface area (Å²) in [6.07, 6.45) is 1.08. The molecule has 2 rings (SSSR count). The van der Waals surface area contributed by atoms with Gasteiger partial charge >= 0.3 is 0 Å². The van der Waals surface area contributed by atoms with Gasteiger partial charge in [-0.05, 0) is 38.9 Å². The van der Waals surface area contributed by atoms with E-state index in [1.165, 1.54) is 6.07 Å². The predicted octanol–water partition coefficient (Wildman–Crippen LogP) is 3.26. The van der Waals surface area contributed by atoms with E-state index in [0.717, 1.165) is 24.3 Å². The highest BCUT2D eigenvalue weighted by Gasteiger charge is 2.14. The van der Waals surface area contributed by atoms with Gasteiger partial charge in [-0.2, -0.15) is 0 Å². The Morgan fingerprint density at radius 3 is 2.83 bits per heavy atom. The molecule has 1 N–H and O–H groups in total. The predicted molar refractivity (Wildman–Crippen MR) is 72.1 cm³/mol. The number of aromatic nitrogens is 2. The first kappa shape index (κ1) is 13.0. The number of para-hydroxylation sites is 1. The number of benzene rings is 1. The lowest BCUT2D eigenvalue weighted by atomic mass is 10.3. The molecule has 1 heterocycles. The smallest absolute Gasteiger partial charge is 0.151 e. The van der Waals surface area contributed by atoms with Crippen LogP contribution in [0.1, 0.15) is 39.1 Å². The molecule has 0 aliphatic carbocycles. The lowest BCUT2D eigenvalue weighted by Gasteiger charge is -2.13. The summed E-state index contributed by atoms with van der Waals surface area (Å²) < 4.78 is 15.8. The topological polar surface area (TPSA) is 29.9 Å². The third-order valence-corrected chi connectivity index (χ3v) is 2.97. The SMILES string of the molecule is CCCNCc1nc2c(F)cccc2n1C(C)C. The number of fused-ring (bicyclic) bond motifs is 1. The molecule has 1 aromatic carbocycles. The van der Waals surface area contributed by atoms with Gasteiger partial charge in [-0.25, -0.2) is 9.37 Å². The Balaban J connectivity index is 2.44. The second-order valence-electron chi connectivity index (χ2n) is 4.78. The van der Waals surface area contributed by atoms with Gasteiger partial charge in [-0.3, -0.25) is 0 Å². The maximum absolute atomic E-state index is 13.7. The normalized spacial score (nSPS) is 11.6. The van der Waals surface area contributed by atoms with E-state index in [2.05, 4.69) is 35.6 Å². The summed E-state index contributed by atoms with van der Waals surface area (Å²) in [5, 5.41) is 3.32. The summed E-state index contributed by atoms with van der Waals surface area (Å²) in [6.45, 7) is 7.94. The molecule has 0 saturated carbocycles. The molecule has 0 saturated heterocycles. The molecule has 0 aliphatic rings. The molecular weight excluding hydrogens is 229 g/mol. The summed E-state index contributed by atoms with van der Waals surface area (Å²) in [7, 11) is 0. The van der Waals surface area contributed by atoms with Crippen LogP contribution in [0, 0.1) is 5.82 Å². The Hall–Kier alpha value is -1.42. The van der Waals surface area contributed by atoms with Crippen LogP contribution in [0.5, 0.6) is 0 Å². The van der Waals surface area contributed by atoms with Crippen LogP contribution in [0.3, 0.4) is 0 Å². The fourth-order valence-corrected chi connectivity index (χ4v) is 2.21. The lowest BCUT2D eigenvalue weighted by Crippen LogP contribution is -2.18. The van der Waals surface area contributed by atoms with Gasteiger partial charge in [0.25, 0.3) is 0 Å². The third kappa shape index (κ3) is 2.38. The summed E-state index contributed by atoms with van der Waals surface area (Å²) in [5.41, 5.74) is 1.35. The average Bonchev–Trinajstić information content (AvgIpc) is 2.69. The van der Waals surface area contributed by atoms with Crippen LogP contribution in [0.2, 0.25) is 0 Å². The summed E-state index contributed by atoms with van der Waals surface area (Å²) in [5.74, 6) is 0.655. The Labute approximate surface area is 107 Å². The van der Waals surface area contributed by atoms with E-state index in [1.807, 2.05) is 6.07 Å². The molecule has 98 valence electrons. The number of hydrogen-bond acceptors (Lipinski definition) is 2. The number of nitrogens with zero attached hydrogens (tertiary/aromatic N) is 2. The third-order valence-electron chi connectivity index (χ3n) is 2.97. The Morgan fingerprint density at radius 2 is 2.17 bits per heavy atom. The van der Waals surface area contributed by atoms with Crippen molar-refractivity contribution in [2.75, 3.05) is 6.54 Å². The standard InChI is InChI=1S/C14H20FN3/c1-4-8-16-9-13-17-14-11(15)6-5-7-12(14)18(13)10(2)3/h5-7,10,16H,4,8-9H2,1-3H3. The van der Waals surface area contributed by atoms with Crippen molar-refractivity contribution in [3.8, 4) is 0 Å². The van der Waals surface area contributed by atoms with Crippen LogP contribution in [-0.4, -0.2) is 16.1 Å². The maximum Gasteiger partial charge on any atom is 0.151 e. The van der Waals surface area contributed by atoms with E-state index >= 15 is 0 Å². The minimum atomic E-state index is -0.247. The van der Waals surface area contributed by atoms with Crippen LogP contribution in [0.25, 0.3) is 11.0 Å². The van der Waals surface area contributed by atoms with Gasteiger partial charge in [0.1, 0.15) is 11.3 Å². The lowest BCUT2D eigenvalue weighted by molar-refractivity contribution is 0.553. The van der Waals surface area contributed by atoms with Crippen molar-refractivity contribution in [1.29, 1.82) is 0 Å².